The second-order valence-electron chi connectivity index (χ2n) is 6.45. The Morgan fingerprint density at radius 1 is 1.10 bits per heavy atom. The average molecular weight is 268 g/mol. The largest absolute Gasteiger partial charge is 0.508 e. The van der Waals surface area contributed by atoms with Crippen molar-refractivity contribution >= 4 is 10.8 Å². The summed E-state index contributed by atoms with van der Waals surface area (Å²) in [5.74, 6) is 1.34. The molecule has 3 atom stereocenters. The normalized spacial score (nSPS) is 28.4. The van der Waals surface area contributed by atoms with E-state index >= 15 is 0 Å². The second-order valence-corrected chi connectivity index (χ2v) is 6.45. The van der Waals surface area contributed by atoms with Gasteiger partial charge in [-0.25, -0.2) is 0 Å². The molecule has 2 nitrogen and oxygen atoms in total. The van der Waals surface area contributed by atoms with Crippen molar-refractivity contribution in [2.45, 2.75) is 44.6 Å². The van der Waals surface area contributed by atoms with Crippen LogP contribution in [-0.4, -0.2) is 16.3 Å². The smallest absolute Gasteiger partial charge is 0.116 e. The van der Waals surface area contributed by atoms with Crippen molar-refractivity contribution in [3.63, 3.8) is 0 Å². The van der Waals surface area contributed by atoms with Crippen LogP contribution in [-0.2, 0) is 6.42 Å². The van der Waals surface area contributed by atoms with E-state index in [4.69, 9.17) is 0 Å². The number of hydrogen-bond acceptors (Lipinski definition) is 2. The molecule has 0 saturated heterocycles. The van der Waals surface area contributed by atoms with Crippen molar-refractivity contribution in [1.29, 1.82) is 0 Å². The predicted molar refractivity (Wildman–Crippen MR) is 80.1 cm³/mol. The molecule has 0 amide bonds. The number of aliphatic hydroxyl groups excluding tert-OH is 1. The topological polar surface area (TPSA) is 40.5 Å². The molecule has 2 N–H and O–H groups in total. The van der Waals surface area contributed by atoms with E-state index in [1.54, 1.807) is 0 Å². The Morgan fingerprint density at radius 3 is 2.80 bits per heavy atom. The first-order chi connectivity index (χ1) is 9.65. The van der Waals surface area contributed by atoms with E-state index in [9.17, 15) is 10.2 Å². The van der Waals surface area contributed by atoms with Gasteiger partial charge in [0.2, 0.25) is 0 Å². The lowest BCUT2D eigenvalue weighted by atomic mass is 9.74. The highest BCUT2D eigenvalue weighted by Gasteiger charge is 2.39. The molecule has 0 spiro atoms. The van der Waals surface area contributed by atoms with Crippen molar-refractivity contribution in [3.8, 4) is 5.75 Å². The number of benzene rings is 2. The standard InChI is InChI=1S/C18H20O2/c1-10-8-12(19)9-11-2-3-14-13-6-7-17(20)15(13)4-5-16(14)18(10)11/h2-3,8-9,13,15,17,19-20H,4-7H2,1H3. The van der Waals surface area contributed by atoms with Gasteiger partial charge in [-0.3, -0.25) is 0 Å². The average Bonchev–Trinajstić information content (AvgIpc) is 2.79. The zero-order chi connectivity index (χ0) is 13.9. The van der Waals surface area contributed by atoms with Crippen LogP contribution < -0.4 is 0 Å². The van der Waals surface area contributed by atoms with Crippen molar-refractivity contribution in [2.75, 3.05) is 0 Å². The third kappa shape index (κ3) is 1.61. The second kappa shape index (κ2) is 4.23. The number of aryl methyl sites for hydroxylation is 2. The summed E-state index contributed by atoms with van der Waals surface area (Å²) in [6.07, 6.45) is 4.10. The van der Waals surface area contributed by atoms with Gasteiger partial charge in [0.05, 0.1) is 6.10 Å². The summed E-state index contributed by atoms with van der Waals surface area (Å²) in [7, 11) is 0. The first-order valence-electron chi connectivity index (χ1n) is 7.58. The Bertz CT molecular complexity index is 689. The molecule has 0 aliphatic heterocycles. The summed E-state index contributed by atoms with van der Waals surface area (Å²) in [5.41, 5.74) is 4.06. The van der Waals surface area contributed by atoms with Gasteiger partial charge < -0.3 is 10.2 Å². The Hall–Kier alpha value is -1.54. The van der Waals surface area contributed by atoms with Crippen molar-refractivity contribution < 1.29 is 10.2 Å². The van der Waals surface area contributed by atoms with Gasteiger partial charge >= 0.3 is 0 Å². The highest BCUT2D eigenvalue weighted by molar-refractivity contribution is 5.91. The Balaban J connectivity index is 1.95. The molecule has 0 bridgehead atoms. The highest BCUT2D eigenvalue weighted by atomic mass is 16.3. The number of rotatable bonds is 0. The van der Waals surface area contributed by atoms with Gasteiger partial charge in [-0.15, -0.1) is 0 Å². The quantitative estimate of drug-likeness (QED) is 0.765. The molecule has 2 aromatic carbocycles. The molecule has 4 rings (SSSR count). The Morgan fingerprint density at radius 2 is 1.95 bits per heavy atom. The van der Waals surface area contributed by atoms with Gasteiger partial charge in [-0.1, -0.05) is 12.1 Å². The molecule has 0 aromatic heterocycles. The van der Waals surface area contributed by atoms with Gasteiger partial charge in [0.15, 0.2) is 0 Å². The number of fused-ring (bicyclic) bond motifs is 5. The summed E-state index contributed by atoms with van der Waals surface area (Å²) in [4.78, 5) is 0. The Kier molecular flexibility index (Phi) is 2.58. The molecule has 2 aliphatic rings. The van der Waals surface area contributed by atoms with E-state index in [0.717, 1.165) is 36.6 Å². The van der Waals surface area contributed by atoms with Crippen LogP contribution in [0.15, 0.2) is 24.3 Å². The zero-order valence-corrected chi connectivity index (χ0v) is 11.8. The Labute approximate surface area is 119 Å². The van der Waals surface area contributed by atoms with Gasteiger partial charge in [0, 0.05) is 0 Å². The molecule has 2 aromatic rings. The number of phenolic OH excluding ortho intramolecular Hbond substituents is 1. The maximum atomic E-state index is 10.1. The van der Waals surface area contributed by atoms with Crippen LogP contribution in [0, 0.1) is 12.8 Å². The van der Waals surface area contributed by atoms with Crippen molar-refractivity contribution in [3.05, 3.63) is 41.0 Å². The minimum Gasteiger partial charge on any atom is -0.508 e. The van der Waals surface area contributed by atoms with E-state index in [1.807, 2.05) is 12.1 Å². The summed E-state index contributed by atoms with van der Waals surface area (Å²) >= 11 is 0. The minimum absolute atomic E-state index is 0.107. The lowest BCUT2D eigenvalue weighted by Gasteiger charge is -2.31. The molecule has 3 unspecified atom stereocenters. The van der Waals surface area contributed by atoms with Crippen LogP contribution in [0.2, 0.25) is 0 Å². The molecular weight excluding hydrogens is 248 g/mol. The summed E-state index contributed by atoms with van der Waals surface area (Å²) in [6.45, 7) is 2.08. The van der Waals surface area contributed by atoms with Crippen LogP contribution in [0.3, 0.4) is 0 Å². The SMILES string of the molecule is Cc1cc(O)cc2ccc3c(c12)CCC1C(O)CCC31. The molecule has 2 heteroatoms. The van der Waals surface area contributed by atoms with Crippen molar-refractivity contribution in [1.82, 2.24) is 0 Å². The minimum atomic E-state index is -0.107. The molecule has 1 fully saturated rings. The van der Waals surface area contributed by atoms with Gasteiger partial charge in [0.25, 0.3) is 0 Å². The van der Waals surface area contributed by atoms with E-state index < -0.39 is 0 Å². The summed E-state index contributed by atoms with van der Waals surface area (Å²) in [5, 5.41) is 22.3. The van der Waals surface area contributed by atoms with Gasteiger partial charge in [-0.2, -0.15) is 0 Å². The fourth-order valence-electron chi connectivity index (χ4n) is 4.52. The zero-order valence-electron chi connectivity index (χ0n) is 11.8. The molecule has 1 saturated carbocycles. The van der Waals surface area contributed by atoms with E-state index in [0.29, 0.717) is 17.6 Å². The third-order valence-corrected chi connectivity index (χ3v) is 5.36. The molecule has 0 radical (unpaired) electrons. The van der Waals surface area contributed by atoms with Crippen LogP contribution in [0.5, 0.6) is 5.75 Å². The van der Waals surface area contributed by atoms with E-state index in [1.165, 1.54) is 16.5 Å². The third-order valence-electron chi connectivity index (χ3n) is 5.36. The highest BCUT2D eigenvalue weighted by Crippen LogP contribution is 2.48. The maximum absolute atomic E-state index is 10.1. The summed E-state index contributed by atoms with van der Waals surface area (Å²) in [6, 6.07) is 8.08. The first-order valence-corrected chi connectivity index (χ1v) is 7.58. The van der Waals surface area contributed by atoms with Crippen LogP contribution in [0.4, 0.5) is 0 Å². The van der Waals surface area contributed by atoms with Gasteiger partial charge in [-0.05, 0) is 84.0 Å². The number of hydrogen-bond donors (Lipinski definition) is 2. The molecule has 0 heterocycles. The van der Waals surface area contributed by atoms with Crippen LogP contribution in [0.25, 0.3) is 10.8 Å². The number of phenols is 1. The van der Waals surface area contributed by atoms with E-state index in [2.05, 4.69) is 19.1 Å². The van der Waals surface area contributed by atoms with Crippen molar-refractivity contribution in [2.24, 2.45) is 5.92 Å². The molecular formula is C18H20O2. The summed E-state index contributed by atoms with van der Waals surface area (Å²) < 4.78 is 0. The maximum Gasteiger partial charge on any atom is 0.116 e. The number of aromatic hydroxyl groups is 1. The predicted octanol–water partition coefficient (Wildman–Crippen LogP) is 3.65. The van der Waals surface area contributed by atoms with Gasteiger partial charge in [0.1, 0.15) is 5.75 Å². The lowest BCUT2D eigenvalue weighted by molar-refractivity contribution is 0.120. The van der Waals surface area contributed by atoms with Crippen LogP contribution in [0.1, 0.15) is 41.9 Å². The molecule has 104 valence electrons. The lowest BCUT2D eigenvalue weighted by Crippen LogP contribution is -2.23. The monoisotopic (exact) mass is 268 g/mol. The molecule has 2 aliphatic carbocycles. The fourth-order valence-corrected chi connectivity index (χ4v) is 4.52. The molecule has 20 heavy (non-hydrogen) atoms. The van der Waals surface area contributed by atoms with E-state index in [-0.39, 0.29) is 6.10 Å². The number of aliphatic hydroxyl groups is 1. The van der Waals surface area contributed by atoms with Crippen LogP contribution >= 0.6 is 0 Å². The first kappa shape index (κ1) is 12.2. The fraction of sp³-hybridized carbons (Fsp3) is 0.444.